The monoisotopic (exact) mass is 325 g/mol. The number of hydrogen-bond donors (Lipinski definition) is 3. The van der Waals surface area contributed by atoms with E-state index >= 15 is 0 Å². The summed E-state index contributed by atoms with van der Waals surface area (Å²) in [7, 11) is 0. The lowest BCUT2D eigenvalue weighted by molar-refractivity contribution is 0.244. The van der Waals surface area contributed by atoms with Crippen molar-refractivity contribution in [1.29, 1.82) is 0 Å². The zero-order valence-electron chi connectivity index (χ0n) is 15.2. The van der Waals surface area contributed by atoms with Gasteiger partial charge < -0.3 is 5.73 Å². The van der Waals surface area contributed by atoms with E-state index in [0.717, 1.165) is 13.0 Å². The number of hydrogen-bond acceptors (Lipinski definition) is 2. The van der Waals surface area contributed by atoms with Gasteiger partial charge in [0.2, 0.25) is 0 Å². The van der Waals surface area contributed by atoms with Crippen molar-refractivity contribution >= 4 is 6.03 Å². The molecule has 0 fully saturated rings. The molecule has 0 saturated carbocycles. The Morgan fingerprint density at radius 3 is 1.78 bits per heavy atom. The number of carbonyl (C=O) groups excluding carboxylic acids is 1. The molecule has 0 aromatic heterocycles. The van der Waals surface area contributed by atoms with Gasteiger partial charge in [0.05, 0.1) is 0 Å². The number of urea groups is 1. The van der Waals surface area contributed by atoms with Crippen LogP contribution in [0.1, 0.15) is 96.8 Å². The summed E-state index contributed by atoms with van der Waals surface area (Å²) in [6.07, 6.45) is 23.1. The second-order valence-electron chi connectivity index (χ2n) is 6.35. The summed E-state index contributed by atoms with van der Waals surface area (Å²) in [6.45, 7) is 3.06. The molecule has 0 saturated heterocycles. The molecule has 0 aliphatic heterocycles. The Balaban J connectivity index is 3.06. The highest BCUT2D eigenvalue weighted by atomic mass is 16.2. The van der Waals surface area contributed by atoms with E-state index in [4.69, 9.17) is 5.73 Å². The van der Waals surface area contributed by atoms with Crippen LogP contribution in [0.5, 0.6) is 0 Å². The van der Waals surface area contributed by atoms with Crippen LogP contribution in [-0.2, 0) is 0 Å². The molecule has 136 valence electrons. The molecular weight excluding hydrogens is 286 g/mol. The molecule has 0 aromatic carbocycles. The summed E-state index contributed by atoms with van der Waals surface area (Å²) < 4.78 is 0. The number of unbranched alkanes of at least 4 members (excludes halogenated alkanes) is 12. The topological polar surface area (TPSA) is 67.2 Å². The minimum Gasteiger partial charge on any atom is -0.351 e. The molecule has 0 aliphatic rings. The van der Waals surface area contributed by atoms with Gasteiger partial charge in [-0.3, -0.25) is 5.43 Å². The lowest BCUT2D eigenvalue weighted by Gasteiger charge is -2.04. The minimum atomic E-state index is -0.519. The Labute approximate surface area is 143 Å². The zero-order valence-corrected chi connectivity index (χ0v) is 15.2. The maximum Gasteiger partial charge on any atom is 0.326 e. The molecule has 4 nitrogen and oxygen atoms in total. The second kappa shape index (κ2) is 19.0. The van der Waals surface area contributed by atoms with E-state index in [1.54, 1.807) is 0 Å². The van der Waals surface area contributed by atoms with E-state index in [1.807, 2.05) is 0 Å². The highest BCUT2D eigenvalue weighted by molar-refractivity contribution is 5.70. The Bertz CT molecular complexity index is 280. The number of nitrogens with one attached hydrogen (secondary N) is 2. The van der Waals surface area contributed by atoms with Crippen LogP contribution in [-0.4, -0.2) is 12.6 Å². The number of allylic oxidation sites excluding steroid dienone is 2. The van der Waals surface area contributed by atoms with Crippen molar-refractivity contribution in [3.8, 4) is 0 Å². The fourth-order valence-electron chi connectivity index (χ4n) is 2.61. The van der Waals surface area contributed by atoms with Gasteiger partial charge in [-0.05, 0) is 32.1 Å². The predicted octanol–water partition coefficient (Wildman–Crippen LogP) is 5.20. The number of hydrazine groups is 1. The number of rotatable bonds is 17. The van der Waals surface area contributed by atoms with Crippen LogP contribution in [0.2, 0.25) is 0 Å². The molecule has 0 rings (SSSR count). The fourth-order valence-corrected chi connectivity index (χ4v) is 2.61. The van der Waals surface area contributed by atoms with Gasteiger partial charge in [-0.15, -0.1) is 0 Å². The minimum absolute atomic E-state index is 0.519. The third-order valence-electron chi connectivity index (χ3n) is 4.03. The van der Waals surface area contributed by atoms with Gasteiger partial charge in [0, 0.05) is 6.54 Å². The third kappa shape index (κ3) is 21.0. The largest absolute Gasteiger partial charge is 0.351 e. The summed E-state index contributed by atoms with van der Waals surface area (Å²) in [4.78, 5) is 10.4. The summed E-state index contributed by atoms with van der Waals surface area (Å²) in [5, 5.41) is 0. The van der Waals surface area contributed by atoms with Crippen molar-refractivity contribution < 1.29 is 4.79 Å². The zero-order chi connectivity index (χ0) is 17.0. The quantitative estimate of drug-likeness (QED) is 0.195. The second-order valence-corrected chi connectivity index (χ2v) is 6.35. The summed E-state index contributed by atoms with van der Waals surface area (Å²) in [6, 6.07) is -0.519. The first-order chi connectivity index (χ1) is 11.3. The van der Waals surface area contributed by atoms with Gasteiger partial charge in [0.1, 0.15) is 0 Å². The van der Waals surface area contributed by atoms with E-state index in [9.17, 15) is 4.79 Å². The molecule has 0 radical (unpaired) electrons. The first-order valence-corrected chi connectivity index (χ1v) is 9.70. The van der Waals surface area contributed by atoms with Gasteiger partial charge in [-0.2, -0.15) is 0 Å². The van der Waals surface area contributed by atoms with Crippen molar-refractivity contribution in [3.63, 3.8) is 0 Å². The van der Waals surface area contributed by atoms with Crippen LogP contribution in [0.25, 0.3) is 0 Å². The van der Waals surface area contributed by atoms with Crippen LogP contribution in [0.3, 0.4) is 0 Å². The SMILES string of the molecule is CCCCCCCCC=CCCCCCCCCNNC(N)=O. The summed E-state index contributed by atoms with van der Waals surface area (Å²) >= 11 is 0. The van der Waals surface area contributed by atoms with Crippen LogP contribution < -0.4 is 16.6 Å². The Kier molecular flexibility index (Phi) is 18.2. The van der Waals surface area contributed by atoms with Crippen molar-refractivity contribution in [2.24, 2.45) is 5.73 Å². The predicted molar refractivity (Wildman–Crippen MR) is 100 cm³/mol. The van der Waals surface area contributed by atoms with Gasteiger partial charge in [-0.1, -0.05) is 76.9 Å². The lowest BCUT2D eigenvalue weighted by atomic mass is 10.1. The van der Waals surface area contributed by atoms with Crippen LogP contribution in [0, 0.1) is 0 Å². The first-order valence-electron chi connectivity index (χ1n) is 9.70. The van der Waals surface area contributed by atoms with Gasteiger partial charge in [-0.25, -0.2) is 10.2 Å². The van der Waals surface area contributed by atoms with E-state index in [0.29, 0.717) is 0 Å². The molecule has 4 N–H and O–H groups in total. The number of amides is 2. The molecule has 23 heavy (non-hydrogen) atoms. The van der Waals surface area contributed by atoms with E-state index in [-0.39, 0.29) is 0 Å². The average Bonchev–Trinajstić information content (AvgIpc) is 2.53. The third-order valence-corrected chi connectivity index (χ3v) is 4.03. The molecule has 0 unspecified atom stereocenters. The molecule has 0 heterocycles. The van der Waals surface area contributed by atoms with Crippen molar-refractivity contribution in [2.45, 2.75) is 96.8 Å². The molecule has 0 aromatic rings. The number of primary amides is 1. The molecule has 0 aliphatic carbocycles. The molecule has 0 bridgehead atoms. The van der Waals surface area contributed by atoms with E-state index in [1.165, 1.54) is 83.5 Å². The fraction of sp³-hybridized carbons (Fsp3) is 0.842. The van der Waals surface area contributed by atoms with E-state index in [2.05, 4.69) is 29.9 Å². The summed E-state index contributed by atoms with van der Waals surface area (Å²) in [5.41, 5.74) is 10.1. The standard InChI is InChI=1S/C19H39N3O/c1-2-3-4-5-6-7-8-9-10-11-12-13-14-15-16-17-18-21-22-19(20)23/h9-10,21H,2-8,11-18H2,1H3,(H3,20,22,23). The number of carbonyl (C=O) groups is 1. The van der Waals surface area contributed by atoms with E-state index < -0.39 is 6.03 Å². The lowest BCUT2D eigenvalue weighted by Crippen LogP contribution is -2.41. The van der Waals surface area contributed by atoms with Crippen LogP contribution in [0.15, 0.2) is 12.2 Å². The Hall–Kier alpha value is -1.03. The van der Waals surface area contributed by atoms with Gasteiger partial charge >= 0.3 is 6.03 Å². The average molecular weight is 326 g/mol. The van der Waals surface area contributed by atoms with Gasteiger partial charge in [0.25, 0.3) is 0 Å². The van der Waals surface area contributed by atoms with Crippen molar-refractivity contribution in [2.75, 3.05) is 6.54 Å². The Morgan fingerprint density at radius 2 is 1.26 bits per heavy atom. The first kappa shape index (κ1) is 22.0. The highest BCUT2D eigenvalue weighted by Gasteiger charge is 1.92. The smallest absolute Gasteiger partial charge is 0.326 e. The van der Waals surface area contributed by atoms with Crippen molar-refractivity contribution in [1.82, 2.24) is 10.9 Å². The van der Waals surface area contributed by atoms with Crippen molar-refractivity contribution in [3.05, 3.63) is 12.2 Å². The normalized spacial score (nSPS) is 11.2. The summed E-state index contributed by atoms with van der Waals surface area (Å²) in [5.74, 6) is 0. The van der Waals surface area contributed by atoms with Crippen LogP contribution >= 0.6 is 0 Å². The number of nitrogens with two attached hydrogens (primary N) is 1. The van der Waals surface area contributed by atoms with Gasteiger partial charge in [0.15, 0.2) is 0 Å². The Morgan fingerprint density at radius 1 is 0.783 bits per heavy atom. The maximum absolute atomic E-state index is 10.4. The molecule has 0 spiro atoms. The molecular formula is C19H39N3O. The van der Waals surface area contributed by atoms with Crippen LogP contribution in [0.4, 0.5) is 4.79 Å². The maximum atomic E-state index is 10.4. The molecule has 0 atom stereocenters. The molecule has 2 amide bonds. The highest BCUT2D eigenvalue weighted by Crippen LogP contribution is 2.09. The molecule has 4 heteroatoms.